The quantitative estimate of drug-likeness (QED) is 0.414. The molecular weight excluding hydrogens is 450 g/mol. The third-order valence-electron chi connectivity index (χ3n) is 5.47. The lowest BCUT2D eigenvalue weighted by molar-refractivity contribution is -0.143. The van der Waals surface area contributed by atoms with Gasteiger partial charge in [0.05, 0.1) is 19.1 Å². The number of amides is 2. The standard InChI is InChI=1S/C26H29N3O6/c1-5-34-23(31)15-20(27-26(33)28-24-21(30)14-17(3)29(4)25(24)32)18-10-12-19(13-11-18)35-22-9-7-6-8-16(22)2/h6-14,20,30H,5,15H2,1-4H3,(H2,27,28,33)/t20-/m0/s1. The van der Waals surface area contributed by atoms with E-state index in [1.807, 2.05) is 31.2 Å². The number of aryl methyl sites for hydroxylation is 2. The number of para-hydroxylation sites is 1. The second-order valence-electron chi connectivity index (χ2n) is 8.01. The minimum Gasteiger partial charge on any atom is -0.505 e. The Morgan fingerprint density at radius 3 is 2.43 bits per heavy atom. The summed E-state index contributed by atoms with van der Waals surface area (Å²) in [5, 5.41) is 15.2. The van der Waals surface area contributed by atoms with Gasteiger partial charge in [-0.05, 0) is 50.1 Å². The monoisotopic (exact) mass is 479 g/mol. The van der Waals surface area contributed by atoms with Crippen molar-refractivity contribution in [3.63, 3.8) is 0 Å². The highest BCUT2D eigenvalue weighted by atomic mass is 16.5. The smallest absolute Gasteiger partial charge is 0.319 e. The number of anilines is 1. The average molecular weight is 480 g/mol. The zero-order valence-electron chi connectivity index (χ0n) is 20.1. The SMILES string of the molecule is CCOC(=O)C[C@H](NC(=O)Nc1c(O)cc(C)n(C)c1=O)c1ccc(Oc2ccccc2C)cc1. The molecule has 9 nitrogen and oxygen atoms in total. The average Bonchev–Trinajstić information content (AvgIpc) is 2.82. The normalized spacial score (nSPS) is 11.4. The Balaban J connectivity index is 1.79. The summed E-state index contributed by atoms with van der Waals surface area (Å²) in [5.74, 6) is 0.475. The van der Waals surface area contributed by atoms with Crippen molar-refractivity contribution in [2.24, 2.45) is 7.05 Å². The van der Waals surface area contributed by atoms with E-state index in [-0.39, 0.29) is 24.5 Å². The summed E-state index contributed by atoms with van der Waals surface area (Å²) < 4.78 is 12.3. The lowest BCUT2D eigenvalue weighted by Crippen LogP contribution is -2.36. The fourth-order valence-electron chi connectivity index (χ4n) is 3.43. The van der Waals surface area contributed by atoms with Crippen LogP contribution in [0.5, 0.6) is 17.2 Å². The molecule has 0 fully saturated rings. The number of hydrogen-bond donors (Lipinski definition) is 3. The van der Waals surface area contributed by atoms with E-state index in [4.69, 9.17) is 9.47 Å². The minimum atomic E-state index is -0.754. The number of ether oxygens (including phenoxy) is 2. The number of carbonyl (C=O) groups is 2. The number of carbonyl (C=O) groups excluding carboxylic acids is 2. The molecule has 0 saturated carbocycles. The van der Waals surface area contributed by atoms with Crippen LogP contribution < -0.4 is 20.9 Å². The summed E-state index contributed by atoms with van der Waals surface area (Å²) in [4.78, 5) is 37.4. The lowest BCUT2D eigenvalue weighted by atomic mass is 10.0. The third kappa shape index (κ3) is 6.41. The molecule has 1 atom stereocenters. The van der Waals surface area contributed by atoms with E-state index < -0.39 is 23.6 Å². The molecule has 2 aromatic carbocycles. The maximum Gasteiger partial charge on any atom is 0.319 e. The first-order valence-electron chi connectivity index (χ1n) is 11.2. The minimum absolute atomic E-state index is 0.128. The Morgan fingerprint density at radius 2 is 1.77 bits per heavy atom. The molecule has 3 N–H and O–H groups in total. The fraction of sp³-hybridized carbons (Fsp3) is 0.269. The van der Waals surface area contributed by atoms with E-state index >= 15 is 0 Å². The van der Waals surface area contributed by atoms with Crippen LogP contribution >= 0.6 is 0 Å². The summed E-state index contributed by atoms with van der Waals surface area (Å²) >= 11 is 0. The number of nitrogens with zero attached hydrogens (tertiary/aromatic N) is 1. The van der Waals surface area contributed by atoms with E-state index in [9.17, 15) is 19.5 Å². The van der Waals surface area contributed by atoms with Crippen molar-refractivity contribution >= 4 is 17.7 Å². The Hall–Kier alpha value is -4.27. The molecule has 9 heteroatoms. The molecule has 0 aliphatic heterocycles. The number of pyridine rings is 1. The molecule has 184 valence electrons. The van der Waals surface area contributed by atoms with Crippen LogP contribution in [0.4, 0.5) is 10.5 Å². The fourth-order valence-corrected chi connectivity index (χ4v) is 3.43. The van der Waals surface area contributed by atoms with Crippen LogP contribution in [0.1, 0.15) is 36.2 Å². The van der Waals surface area contributed by atoms with Crippen LogP contribution in [0, 0.1) is 13.8 Å². The van der Waals surface area contributed by atoms with Gasteiger partial charge in [0.2, 0.25) is 0 Å². The maximum atomic E-state index is 12.7. The van der Waals surface area contributed by atoms with E-state index in [2.05, 4.69) is 10.6 Å². The van der Waals surface area contributed by atoms with Gasteiger partial charge in [-0.25, -0.2) is 4.79 Å². The number of benzene rings is 2. The number of nitrogens with one attached hydrogen (secondary N) is 2. The predicted molar refractivity (Wildman–Crippen MR) is 132 cm³/mol. The van der Waals surface area contributed by atoms with Crippen molar-refractivity contribution in [2.75, 3.05) is 11.9 Å². The van der Waals surface area contributed by atoms with E-state index in [0.717, 1.165) is 11.3 Å². The third-order valence-corrected chi connectivity index (χ3v) is 5.47. The highest BCUT2D eigenvalue weighted by molar-refractivity contribution is 5.91. The second-order valence-corrected chi connectivity index (χ2v) is 8.01. The van der Waals surface area contributed by atoms with Crippen molar-refractivity contribution < 1.29 is 24.2 Å². The Kier molecular flexibility index (Phi) is 8.14. The van der Waals surface area contributed by atoms with Crippen LogP contribution in [-0.4, -0.2) is 28.3 Å². The Bertz CT molecular complexity index is 1270. The topological polar surface area (TPSA) is 119 Å². The number of urea groups is 1. The van der Waals surface area contributed by atoms with Crippen molar-refractivity contribution in [3.05, 3.63) is 81.8 Å². The molecule has 0 unspecified atom stereocenters. The summed E-state index contributed by atoms with van der Waals surface area (Å²) in [7, 11) is 1.53. The number of hydrogen-bond acceptors (Lipinski definition) is 6. The van der Waals surface area contributed by atoms with E-state index in [0.29, 0.717) is 17.0 Å². The first-order chi connectivity index (χ1) is 16.7. The van der Waals surface area contributed by atoms with Crippen molar-refractivity contribution in [2.45, 2.75) is 33.2 Å². The first-order valence-corrected chi connectivity index (χ1v) is 11.2. The Morgan fingerprint density at radius 1 is 1.09 bits per heavy atom. The van der Waals surface area contributed by atoms with Crippen molar-refractivity contribution in [1.82, 2.24) is 9.88 Å². The van der Waals surface area contributed by atoms with Crippen LogP contribution in [-0.2, 0) is 16.6 Å². The van der Waals surface area contributed by atoms with Gasteiger partial charge in [-0.1, -0.05) is 30.3 Å². The van der Waals surface area contributed by atoms with E-state index in [1.165, 1.54) is 17.7 Å². The second kappa shape index (κ2) is 11.2. The molecule has 1 heterocycles. The molecule has 0 aliphatic carbocycles. The molecule has 0 spiro atoms. The highest BCUT2D eigenvalue weighted by Crippen LogP contribution is 2.27. The van der Waals surface area contributed by atoms with Gasteiger partial charge in [0.1, 0.15) is 17.2 Å². The zero-order chi connectivity index (χ0) is 25.5. The summed E-state index contributed by atoms with van der Waals surface area (Å²) in [6.07, 6.45) is -0.128. The molecule has 1 aromatic heterocycles. The van der Waals surface area contributed by atoms with Gasteiger partial charge >= 0.3 is 12.0 Å². The van der Waals surface area contributed by atoms with Gasteiger partial charge < -0.3 is 29.8 Å². The molecule has 0 aliphatic rings. The van der Waals surface area contributed by atoms with Crippen LogP contribution in [0.3, 0.4) is 0 Å². The predicted octanol–water partition coefficient (Wildman–Crippen LogP) is 4.32. The number of aromatic hydroxyl groups is 1. The van der Waals surface area contributed by atoms with Crippen molar-refractivity contribution in [3.8, 4) is 17.2 Å². The van der Waals surface area contributed by atoms with Gasteiger partial charge in [-0.2, -0.15) is 0 Å². The molecule has 2 amide bonds. The van der Waals surface area contributed by atoms with Gasteiger partial charge in [0.15, 0.2) is 5.69 Å². The van der Waals surface area contributed by atoms with Crippen LogP contribution in [0.15, 0.2) is 59.4 Å². The molecule has 3 rings (SSSR count). The van der Waals surface area contributed by atoms with Gasteiger partial charge in [0.25, 0.3) is 5.56 Å². The summed E-state index contributed by atoms with van der Waals surface area (Å²) in [5.41, 5.74) is 1.34. The van der Waals surface area contributed by atoms with Crippen molar-refractivity contribution in [1.29, 1.82) is 0 Å². The first kappa shape index (κ1) is 25.4. The zero-order valence-corrected chi connectivity index (χ0v) is 20.1. The van der Waals surface area contributed by atoms with Gasteiger partial charge in [-0.15, -0.1) is 0 Å². The Labute approximate surface area is 203 Å². The van der Waals surface area contributed by atoms with Crippen LogP contribution in [0.25, 0.3) is 0 Å². The molecule has 0 saturated heterocycles. The number of esters is 1. The highest BCUT2D eigenvalue weighted by Gasteiger charge is 2.21. The largest absolute Gasteiger partial charge is 0.505 e. The molecular formula is C26H29N3O6. The van der Waals surface area contributed by atoms with Gasteiger partial charge in [0, 0.05) is 18.8 Å². The molecule has 3 aromatic rings. The summed E-state index contributed by atoms with van der Waals surface area (Å²) in [6.45, 7) is 5.50. The number of rotatable bonds is 8. The molecule has 0 bridgehead atoms. The maximum absolute atomic E-state index is 12.7. The van der Waals surface area contributed by atoms with Crippen LogP contribution in [0.2, 0.25) is 0 Å². The lowest BCUT2D eigenvalue weighted by Gasteiger charge is -2.20. The number of aromatic nitrogens is 1. The van der Waals surface area contributed by atoms with E-state index in [1.54, 1.807) is 38.1 Å². The summed E-state index contributed by atoms with van der Waals surface area (Å²) in [6, 6.07) is 14.4. The molecule has 35 heavy (non-hydrogen) atoms. The molecule has 0 radical (unpaired) electrons. The van der Waals surface area contributed by atoms with Gasteiger partial charge in [-0.3, -0.25) is 9.59 Å².